The summed E-state index contributed by atoms with van der Waals surface area (Å²) in [7, 11) is 0. The number of aryl methyl sites for hydroxylation is 4. The van der Waals surface area contributed by atoms with Crippen molar-refractivity contribution >= 4 is 43.1 Å². The third-order valence-electron chi connectivity index (χ3n) is 10.5. The van der Waals surface area contributed by atoms with Crippen LogP contribution in [0.2, 0.25) is 0 Å². The molecular weight excluding hydrogens is 528 g/mol. The van der Waals surface area contributed by atoms with Crippen molar-refractivity contribution in [1.82, 2.24) is 0 Å². The minimum Gasteiger partial charge on any atom is -0.0616 e. The van der Waals surface area contributed by atoms with Gasteiger partial charge < -0.3 is 0 Å². The molecule has 0 bridgehead atoms. The molecule has 0 aromatic heterocycles. The maximum Gasteiger partial charge on any atom is -0.00171 e. The summed E-state index contributed by atoms with van der Waals surface area (Å²) in [6, 6.07) is 41.9. The molecule has 0 heteroatoms. The molecule has 8 aromatic rings. The van der Waals surface area contributed by atoms with Crippen molar-refractivity contribution in [3.05, 3.63) is 131 Å². The molecule has 0 atom stereocenters. The van der Waals surface area contributed by atoms with E-state index in [9.17, 15) is 0 Å². The molecule has 0 spiro atoms. The van der Waals surface area contributed by atoms with E-state index in [4.69, 9.17) is 0 Å². The molecule has 0 amide bonds. The second kappa shape index (κ2) is 8.24. The average molecular weight is 559 g/mol. The van der Waals surface area contributed by atoms with E-state index in [2.05, 4.69) is 137 Å². The highest BCUT2D eigenvalue weighted by Gasteiger charge is 2.28. The van der Waals surface area contributed by atoms with Crippen LogP contribution in [0.3, 0.4) is 0 Å². The van der Waals surface area contributed by atoms with Crippen molar-refractivity contribution in [2.24, 2.45) is 0 Å². The SMILES string of the molecule is Cc1cc(C)c2c(c1)-c1cc3c4ccc(C)cc4c(-c4ccc5c6c(cccc46)-c4ccccc4-5)cc3c3ccc(C)c-2c13. The van der Waals surface area contributed by atoms with Gasteiger partial charge in [0, 0.05) is 0 Å². The van der Waals surface area contributed by atoms with Crippen LogP contribution in [-0.4, -0.2) is 0 Å². The standard InChI is InChI=1S/C44H30/c1-23-12-14-30-35(19-23)36(29-16-17-33-28-9-6-5-8-27(28)31-10-7-11-32(29)43(31)33)21-38-34-15-13-25(3)42-41-26(4)18-24(2)20-39(41)40(44(34)42)22-37(30)38/h5-22H,1-4H3. The first kappa shape index (κ1) is 24.3. The van der Waals surface area contributed by atoms with Crippen LogP contribution in [0.25, 0.3) is 98.7 Å². The molecular formula is C44H30. The molecule has 2 aliphatic rings. The number of benzene rings is 8. The summed E-state index contributed by atoms with van der Waals surface area (Å²) in [6.07, 6.45) is 0. The Morgan fingerprint density at radius 1 is 0.295 bits per heavy atom. The largest absolute Gasteiger partial charge is 0.0616 e. The van der Waals surface area contributed by atoms with Gasteiger partial charge in [0.2, 0.25) is 0 Å². The monoisotopic (exact) mass is 558 g/mol. The van der Waals surface area contributed by atoms with Crippen molar-refractivity contribution < 1.29 is 0 Å². The summed E-state index contributed by atoms with van der Waals surface area (Å²) < 4.78 is 0. The zero-order valence-electron chi connectivity index (χ0n) is 25.4. The Morgan fingerprint density at radius 2 is 1.00 bits per heavy atom. The van der Waals surface area contributed by atoms with Crippen molar-refractivity contribution in [2.45, 2.75) is 27.7 Å². The molecule has 0 unspecified atom stereocenters. The van der Waals surface area contributed by atoms with Crippen LogP contribution in [0, 0.1) is 27.7 Å². The molecule has 0 saturated carbocycles. The van der Waals surface area contributed by atoms with Crippen LogP contribution in [-0.2, 0) is 0 Å². The van der Waals surface area contributed by atoms with Crippen LogP contribution in [0.5, 0.6) is 0 Å². The molecule has 0 nitrogen and oxygen atoms in total. The lowest BCUT2D eigenvalue weighted by Crippen LogP contribution is -1.90. The maximum atomic E-state index is 2.50. The predicted octanol–water partition coefficient (Wildman–Crippen LogP) is 12.5. The van der Waals surface area contributed by atoms with Gasteiger partial charge in [-0.3, -0.25) is 0 Å². The Labute approximate surface area is 257 Å². The molecule has 0 saturated heterocycles. The first-order valence-corrected chi connectivity index (χ1v) is 15.7. The van der Waals surface area contributed by atoms with Crippen LogP contribution in [0.15, 0.2) is 109 Å². The van der Waals surface area contributed by atoms with E-state index in [1.165, 1.54) is 121 Å². The molecule has 8 aromatic carbocycles. The molecule has 0 radical (unpaired) electrons. The molecule has 2 aliphatic carbocycles. The van der Waals surface area contributed by atoms with E-state index in [0.29, 0.717) is 0 Å². The molecule has 44 heavy (non-hydrogen) atoms. The van der Waals surface area contributed by atoms with Gasteiger partial charge in [-0.15, -0.1) is 0 Å². The van der Waals surface area contributed by atoms with Gasteiger partial charge in [0.25, 0.3) is 0 Å². The van der Waals surface area contributed by atoms with Crippen molar-refractivity contribution in [3.63, 3.8) is 0 Å². The highest BCUT2D eigenvalue weighted by Crippen LogP contribution is 2.54. The predicted molar refractivity (Wildman–Crippen MR) is 190 cm³/mol. The molecule has 206 valence electrons. The van der Waals surface area contributed by atoms with Gasteiger partial charge in [-0.25, -0.2) is 0 Å². The Bertz CT molecular complexity index is 2600. The zero-order valence-corrected chi connectivity index (χ0v) is 25.4. The highest BCUT2D eigenvalue weighted by atomic mass is 14.3. The van der Waals surface area contributed by atoms with Crippen LogP contribution in [0.4, 0.5) is 0 Å². The van der Waals surface area contributed by atoms with Gasteiger partial charge >= 0.3 is 0 Å². The summed E-state index contributed by atoms with van der Waals surface area (Å²) in [5, 5.41) is 10.8. The molecule has 0 heterocycles. The Morgan fingerprint density at radius 3 is 1.84 bits per heavy atom. The lowest BCUT2D eigenvalue weighted by atomic mass is 9.86. The zero-order chi connectivity index (χ0) is 29.4. The van der Waals surface area contributed by atoms with Gasteiger partial charge in [0.15, 0.2) is 0 Å². The van der Waals surface area contributed by atoms with E-state index in [0.717, 1.165) is 0 Å². The number of hydrogen-bond donors (Lipinski definition) is 0. The van der Waals surface area contributed by atoms with E-state index >= 15 is 0 Å². The van der Waals surface area contributed by atoms with E-state index < -0.39 is 0 Å². The van der Waals surface area contributed by atoms with Gasteiger partial charge in [0.1, 0.15) is 0 Å². The first-order valence-electron chi connectivity index (χ1n) is 15.7. The summed E-state index contributed by atoms with van der Waals surface area (Å²) in [4.78, 5) is 0. The van der Waals surface area contributed by atoms with E-state index in [1.807, 2.05) is 0 Å². The van der Waals surface area contributed by atoms with E-state index in [1.54, 1.807) is 0 Å². The molecule has 10 rings (SSSR count). The van der Waals surface area contributed by atoms with Crippen LogP contribution >= 0.6 is 0 Å². The summed E-state index contributed by atoms with van der Waals surface area (Å²) in [5.74, 6) is 0. The molecule has 0 N–H and O–H groups in total. The third-order valence-corrected chi connectivity index (χ3v) is 10.5. The smallest absolute Gasteiger partial charge is 0.00171 e. The maximum absolute atomic E-state index is 2.50. The number of fused-ring (bicyclic) bond motifs is 10. The fourth-order valence-electron chi connectivity index (χ4n) is 8.68. The van der Waals surface area contributed by atoms with Crippen LogP contribution in [0.1, 0.15) is 22.3 Å². The fourth-order valence-corrected chi connectivity index (χ4v) is 8.68. The Hall–Kier alpha value is -5.20. The quantitative estimate of drug-likeness (QED) is 0.176. The molecule has 0 fully saturated rings. The van der Waals surface area contributed by atoms with Gasteiger partial charge in [-0.1, -0.05) is 108 Å². The first-order chi connectivity index (χ1) is 21.5. The summed E-state index contributed by atoms with van der Waals surface area (Å²) >= 11 is 0. The third kappa shape index (κ3) is 2.93. The Balaban J connectivity index is 1.37. The van der Waals surface area contributed by atoms with E-state index in [-0.39, 0.29) is 0 Å². The number of hydrogen-bond acceptors (Lipinski definition) is 0. The van der Waals surface area contributed by atoms with Gasteiger partial charge in [-0.2, -0.15) is 0 Å². The minimum absolute atomic E-state index is 1.29. The second-order valence-electron chi connectivity index (χ2n) is 13.1. The highest BCUT2D eigenvalue weighted by molar-refractivity contribution is 6.30. The van der Waals surface area contributed by atoms with Crippen molar-refractivity contribution in [3.8, 4) is 55.6 Å². The average Bonchev–Trinajstić information content (AvgIpc) is 3.54. The second-order valence-corrected chi connectivity index (χ2v) is 13.1. The van der Waals surface area contributed by atoms with Crippen molar-refractivity contribution in [1.29, 1.82) is 0 Å². The van der Waals surface area contributed by atoms with Gasteiger partial charge in [0.05, 0.1) is 0 Å². The Kier molecular flexibility index (Phi) is 4.55. The van der Waals surface area contributed by atoms with Crippen molar-refractivity contribution in [2.75, 3.05) is 0 Å². The lowest BCUT2D eigenvalue weighted by Gasteiger charge is -2.17. The topological polar surface area (TPSA) is 0 Å². The minimum atomic E-state index is 1.29. The molecule has 0 aliphatic heterocycles. The summed E-state index contributed by atoms with van der Waals surface area (Å²) in [5.41, 5.74) is 18.9. The van der Waals surface area contributed by atoms with Gasteiger partial charge in [-0.05, 0) is 150 Å². The fraction of sp³-hybridized carbons (Fsp3) is 0.0909. The van der Waals surface area contributed by atoms with Crippen LogP contribution < -0.4 is 0 Å². The number of rotatable bonds is 1. The lowest BCUT2D eigenvalue weighted by molar-refractivity contribution is 1.38. The summed E-state index contributed by atoms with van der Waals surface area (Å²) in [6.45, 7) is 8.99. The normalized spacial score (nSPS) is 12.5.